The van der Waals surface area contributed by atoms with Gasteiger partial charge in [-0.15, -0.1) is 11.3 Å². The van der Waals surface area contributed by atoms with Gasteiger partial charge >= 0.3 is 6.18 Å². The van der Waals surface area contributed by atoms with Gasteiger partial charge in [0.1, 0.15) is 5.69 Å². The second kappa shape index (κ2) is 7.91. The lowest BCUT2D eigenvalue weighted by Gasteiger charge is -2.33. The standard InChI is InChI=1S/C18H16F3N5O2S/c19-18(20,21)13-3-1-2-12(8-13)16-23-15(28-24-16)9-25-4-6-26(7-5-25)17(27)14-10-29-11-22-14/h1-3,8,10-11H,4-7,9H2. The van der Waals surface area contributed by atoms with E-state index in [2.05, 4.69) is 15.1 Å². The molecule has 0 radical (unpaired) electrons. The molecule has 3 heterocycles. The van der Waals surface area contributed by atoms with Gasteiger partial charge in [-0.05, 0) is 12.1 Å². The molecule has 0 N–H and O–H groups in total. The fraction of sp³-hybridized carbons (Fsp3) is 0.333. The molecular formula is C18H16F3N5O2S. The van der Waals surface area contributed by atoms with Crippen molar-refractivity contribution >= 4 is 17.2 Å². The lowest BCUT2D eigenvalue weighted by atomic mass is 10.1. The highest BCUT2D eigenvalue weighted by Crippen LogP contribution is 2.31. The van der Waals surface area contributed by atoms with Gasteiger partial charge < -0.3 is 9.42 Å². The van der Waals surface area contributed by atoms with Crippen LogP contribution in [-0.4, -0.2) is 57.0 Å². The average Bonchev–Trinajstić information content (AvgIpc) is 3.40. The van der Waals surface area contributed by atoms with E-state index in [-0.39, 0.29) is 17.3 Å². The Morgan fingerprint density at radius 3 is 2.69 bits per heavy atom. The molecule has 7 nitrogen and oxygen atoms in total. The summed E-state index contributed by atoms with van der Waals surface area (Å²) in [4.78, 5) is 24.4. The van der Waals surface area contributed by atoms with E-state index in [4.69, 9.17) is 4.52 Å². The second-order valence-corrected chi connectivity index (χ2v) is 7.25. The molecule has 1 aliphatic heterocycles. The molecule has 0 atom stereocenters. The van der Waals surface area contributed by atoms with Gasteiger partial charge in [-0.3, -0.25) is 9.69 Å². The Morgan fingerprint density at radius 1 is 1.21 bits per heavy atom. The van der Waals surface area contributed by atoms with E-state index in [1.54, 1.807) is 15.8 Å². The maximum atomic E-state index is 12.9. The van der Waals surface area contributed by atoms with Crippen LogP contribution in [0.4, 0.5) is 13.2 Å². The molecule has 1 amide bonds. The van der Waals surface area contributed by atoms with Crippen LogP contribution in [0, 0.1) is 0 Å². The predicted octanol–water partition coefficient (Wildman–Crippen LogP) is 3.17. The zero-order valence-electron chi connectivity index (χ0n) is 15.1. The number of hydrogen-bond acceptors (Lipinski definition) is 7. The van der Waals surface area contributed by atoms with Crippen molar-refractivity contribution in [1.29, 1.82) is 0 Å². The van der Waals surface area contributed by atoms with E-state index in [1.807, 2.05) is 4.90 Å². The maximum Gasteiger partial charge on any atom is 0.416 e. The fourth-order valence-corrected chi connectivity index (χ4v) is 3.58. The first-order valence-corrected chi connectivity index (χ1v) is 9.74. The molecular weight excluding hydrogens is 407 g/mol. The summed E-state index contributed by atoms with van der Waals surface area (Å²) in [6.45, 7) is 2.70. The molecule has 1 aliphatic rings. The minimum absolute atomic E-state index is 0.0875. The number of carbonyl (C=O) groups excluding carboxylic acids is 1. The number of hydrogen-bond donors (Lipinski definition) is 0. The van der Waals surface area contributed by atoms with Gasteiger partial charge in [0, 0.05) is 37.1 Å². The number of benzene rings is 1. The first-order valence-electron chi connectivity index (χ1n) is 8.80. The van der Waals surface area contributed by atoms with Crippen molar-refractivity contribution in [2.24, 2.45) is 0 Å². The van der Waals surface area contributed by atoms with Gasteiger partial charge in [-0.25, -0.2) is 4.98 Å². The van der Waals surface area contributed by atoms with E-state index in [0.29, 0.717) is 44.3 Å². The van der Waals surface area contributed by atoms with Crippen LogP contribution in [0.15, 0.2) is 39.7 Å². The summed E-state index contributed by atoms with van der Waals surface area (Å²) in [7, 11) is 0. The number of rotatable bonds is 4. The van der Waals surface area contributed by atoms with E-state index in [9.17, 15) is 18.0 Å². The molecule has 0 saturated carbocycles. The Kier molecular flexibility index (Phi) is 5.33. The molecule has 0 unspecified atom stereocenters. The molecule has 152 valence electrons. The largest absolute Gasteiger partial charge is 0.416 e. The number of amides is 1. The van der Waals surface area contributed by atoms with E-state index < -0.39 is 11.7 Å². The third-order valence-electron chi connectivity index (χ3n) is 4.59. The van der Waals surface area contributed by atoms with Crippen molar-refractivity contribution in [3.63, 3.8) is 0 Å². The number of nitrogens with zero attached hydrogens (tertiary/aromatic N) is 5. The van der Waals surface area contributed by atoms with Crippen molar-refractivity contribution < 1.29 is 22.5 Å². The highest BCUT2D eigenvalue weighted by molar-refractivity contribution is 7.07. The van der Waals surface area contributed by atoms with E-state index in [0.717, 1.165) is 12.1 Å². The Labute approximate surface area is 167 Å². The molecule has 0 spiro atoms. The van der Waals surface area contributed by atoms with Gasteiger partial charge in [0.15, 0.2) is 0 Å². The quantitative estimate of drug-likeness (QED) is 0.642. The Balaban J connectivity index is 1.36. The zero-order chi connectivity index (χ0) is 20.4. The number of piperazine rings is 1. The van der Waals surface area contributed by atoms with Gasteiger partial charge in [-0.1, -0.05) is 17.3 Å². The number of carbonyl (C=O) groups is 1. The van der Waals surface area contributed by atoms with Crippen LogP contribution in [0.25, 0.3) is 11.4 Å². The summed E-state index contributed by atoms with van der Waals surface area (Å²) in [5.41, 5.74) is 1.56. The number of halogens is 3. The molecule has 11 heteroatoms. The highest BCUT2D eigenvalue weighted by Gasteiger charge is 2.31. The summed E-state index contributed by atoms with van der Waals surface area (Å²) in [6, 6.07) is 4.81. The average molecular weight is 423 g/mol. The lowest BCUT2D eigenvalue weighted by Crippen LogP contribution is -2.48. The summed E-state index contributed by atoms with van der Waals surface area (Å²) in [5.74, 6) is 0.343. The molecule has 1 aromatic carbocycles. The summed E-state index contributed by atoms with van der Waals surface area (Å²) in [5, 5.41) is 5.52. The van der Waals surface area contributed by atoms with Gasteiger partial charge in [0.05, 0.1) is 17.6 Å². The van der Waals surface area contributed by atoms with Crippen LogP contribution in [0.1, 0.15) is 21.9 Å². The topological polar surface area (TPSA) is 75.4 Å². The lowest BCUT2D eigenvalue weighted by molar-refractivity contribution is -0.137. The minimum Gasteiger partial charge on any atom is -0.338 e. The van der Waals surface area contributed by atoms with Crippen molar-refractivity contribution in [1.82, 2.24) is 24.9 Å². The SMILES string of the molecule is O=C(c1cscn1)N1CCN(Cc2nc(-c3cccc(C(F)(F)F)c3)no2)CC1. The number of alkyl halides is 3. The van der Waals surface area contributed by atoms with Crippen molar-refractivity contribution in [2.45, 2.75) is 12.7 Å². The van der Waals surface area contributed by atoms with E-state index >= 15 is 0 Å². The zero-order valence-corrected chi connectivity index (χ0v) is 15.9. The van der Waals surface area contributed by atoms with Crippen LogP contribution >= 0.6 is 11.3 Å². The Morgan fingerprint density at radius 2 is 2.00 bits per heavy atom. The van der Waals surface area contributed by atoms with Crippen LogP contribution in [0.5, 0.6) is 0 Å². The highest BCUT2D eigenvalue weighted by atomic mass is 32.1. The second-order valence-electron chi connectivity index (χ2n) is 6.53. The van der Waals surface area contributed by atoms with Gasteiger partial charge in [0.25, 0.3) is 5.91 Å². The van der Waals surface area contributed by atoms with E-state index in [1.165, 1.54) is 23.5 Å². The van der Waals surface area contributed by atoms with Crippen LogP contribution in [-0.2, 0) is 12.7 Å². The summed E-state index contributed by atoms with van der Waals surface area (Å²) < 4.78 is 43.8. The molecule has 1 fully saturated rings. The van der Waals surface area contributed by atoms with Gasteiger partial charge in [0.2, 0.25) is 11.7 Å². The molecule has 1 saturated heterocycles. The Bertz CT molecular complexity index is 982. The third-order valence-corrected chi connectivity index (χ3v) is 5.17. The van der Waals surface area contributed by atoms with Gasteiger partial charge in [-0.2, -0.15) is 18.2 Å². The predicted molar refractivity (Wildman–Crippen MR) is 98.0 cm³/mol. The molecule has 2 aromatic heterocycles. The summed E-state index contributed by atoms with van der Waals surface area (Å²) in [6.07, 6.45) is -4.43. The first-order chi connectivity index (χ1) is 13.9. The smallest absolute Gasteiger partial charge is 0.338 e. The van der Waals surface area contributed by atoms with Crippen LogP contribution in [0.2, 0.25) is 0 Å². The monoisotopic (exact) mass is 423 g/mol. The number of thiazole rings is 1. The molecule has 0 bridgehead atoms. The normalized spacial score (nSPS) is 15.6. The maximum absolute atomic E-state index is 12.9. The molecule has 0 aliphatic carbocycles. The first kappa shape index (κ1) is 19.5. The minimum atomic E-state index is -4.43. The third kappa shape index (κ3) is 4.46. The van der Waals surface area contributed by atoms with Crippen molar-refractivity contribution in [2.75, 3.05) is 26.2 Å². The van der Waals surface area contributed by atoms with Crippen LogP contribution in [0.3, 0.4) is 0 Å². The molecule has 29 heavy (non-hydrogen) atoms. The molecule has 3 aromatic rings. The summed E-state index contributed by atoms with van der Waals surface area (Å²) >= 11 is 1.38. The number of aromatic nitrogens is 3. The van der Waals surface area contributed by atoms with Crippen LogP contribution < -0.4 is 0 Å². The Hall–Kier alpha value is -2.79. The van der Waals surface area contributed by atoms with Crippen molar-refractivity contribution in [3.05, 3.63) is 52.3 Å². The molecule has 4 rings (SSSR count). The van der Waals surface area contributed by atoms with Crippen molar-refractivity contribution in [3.8, 4) is 11.4 Å². The fourth-order valence-electron chi connectivity index (χ4n) is 3.05.